The molecule has 3 aromatic rings. The average molecular weight is 311 g/mol. The molecule has 0 aliphatic rings. The van der Waals surface area contributed by atoms with Crippen molar-refractivity contribution in [3.8, 4) is 0 Å². The van der Waals surface area contributed by atoms with E-state index in [0.717, 1.165) is 15.6 Å². The van der Waals surface area contributed by atoms with Crippen molar-refractivity contribution < 1.29 is 0 Å². The van der Waals surface area contributed by atoms with E-state index in [1.165, 1.54) is 18.1 Å². The lowest BCUT2D eigenvalue weighted by Crippen LogP contribution is -1.97. The minimum absolute atomic E-state index is 0.561. The summed E-state index contributed by atoms with van der Waals surface area (Å²) < 4.78 is 1.66. The van der Waals surface area contributed by atoms with E-state index >= 15 is 0 Å². The molecule has 0 saturated heterocycles. The van der Waals surface area contributed by atoms with Crippen LogP contribution in [0.25, 0.3) is 5.78 Å². The number of halogens is 2. The second-order valence-corrected chi connectivity index (χ2v) is 5.71. The van der Waals surface area contributed by atoms with Crippen molar-refractivity contribution in [3.63, 3.8) is 0 Å². The summed E-state index contributed by atoms with van der Waals surface area (Å²) >= 11 is 13.8. The Labute approximate surface area is 123 Å². The zero-order valence-corrected chi connectivity index (χ0v) is 12.2. The van der Waals surface area contributed by atoms with Gasteiger partial charge in [0.15, 0.2) is 0 Å². The predicted octanol–water partition coefficient (Wildman–Crippen LogP) is 3.89. The molecule has 4 nitrogen and oxygen atoms in total. The topological polar surface area (TPSA) is 43.1 Å². The summed E-state index contributed by atoms with van der Waals surface area (Å²) in [5.41, 5.74) is 0.867. The smallest absolute Gasteiger partial charge is 0.216 e. The molecular weight excluding hydrogens is 303 g/mol. The van der Waals surface area contributed by atoms with Gasteiger partial charge in [0, 0.05) is 5.69 Å². The van der Waals surface area contributed by atoms with E-state index in [-0.39, 0.29) is 0 Å². The fourth-order valence-corrected chi connectivity index (χ4v) is 3.27. The number of hydrogen-bond donors (Lipinski definition) is 0. The van der Waals surface area contributed by atoms with E-state index in [2.05, 4.69) is 15.1 Å². The first-order valence-corrected chi connectivity index (χ1v) is 7.01. The van der Waals surface area contributed by atoms with Crippen molar-refractivity contribution in [2.24, 2.45) is 0 Å². The Hall–Kier alpha value is -1.30. The van der Waals surface area contributed by atoms with Crippen LogP contribution in [0.5, 0.6) is 0 Å². The highest BCUT2D eigenvalue weighted by Gasteiger charge is 2.12. The molecule has 0 spiro atoms. The Morgan fingerprint density at radius 2 is 1.95 bits per heavy atom. The first kappa shape index (κ1) is 12.7. The van der Waals surface area contributed by atoms with Crippen LogP contribution in [0.3, 0.4) is 0 Å². The van der Waals surface area contributed by atoms with Gasteiger partial charge in [0.05, 0.1) is 14.9 Å². The fourth-order valence-electron chi connectivity index (χ4n) is 1.65. The predicted molar refractivity (Wildman–Crippen MR) is 76.1 cm³/mol. The maximum atomic E-state index is 6.18. The Balaban J connectivity index is 2.13. The van der Waals surface area contributed by atoms with Gasteiger partial charge >= 0.3 is 0 Å². The molecule has 19 heavy (non-hydrogen) atoms. The minimum atomic E-state index is 0.561. The molecule has 0 aliphatic heterocycles. The van der Waals surface area contributed by atoms with Gasteiger partial charge < -0.3 is 0 Å². The summed E-state index contributed by atoms with van der Waals surface area (Å²) in [6.07, 6.45) is 1.47. The number of aromatic nitrogens is 4. The standard InChI is InChI=1S/C12H8Cl2N4S/c1-7-5-10(18-12(17-7)15-6-16-18)19-11-8(13)3-2-4-9(11)14/h2-6H,1H3. The molecule has 0 bridgehead atoms. The second-order valence-electron chi connectivity index (χ2n) is 3.86. The molecule has 1 aromatic carbocycles. The van der Waals surface area contributed by atoms with Crippen LogP contribution < -0.4 is 0 Å². The SMILES string of the molecule is Cc1cc(Sc2c(Cl)cccc2Cl)n2ncnc2n1. The number of benzene rings is 1. The van der Waals surface area contributed by atoms with Crippen LogP contribution in [0.2, 0.25) is 10.0 Å². The van der Waals surface area contributed by atoms with Gasteiger partial charge in [0.2, 0.25) is 0 Å². The van der Waals surface area contributed by atoms with E-state index in [1.54, 1.807) is 4.52 Å². The number of rotatable bonds is 2. The summed E-state index contributed by atoms with van der Waals surface area (Å²) in [5.74, 6) is 0.561. The third-order valence-electron chi connectivity index (χ3n) is 2.47. The van der Waals surface area contributed by atoms with Crippen LogP contribution >= 0.6 is 35.0 Å². The van der Waals surface area contributed by atoms with Gasteiger partial charge in [-0.2, -0.15) is 14.6 Å². The van der Waals surface area contributed by atoms with Crippen molar-refractivity contribution >= 4 is 40.7 Å². The van der Waals surface area contributed by atoms with Crippen molar-refractivity contribution in [1.82, 2.24) is 19.6 Å². The van der Waals surface area contributed by atoms with Gasteiger partial charge in [0.1, 0.15) is 11.4 Å². The lowest BCUT2D eigenvalue weighted by Gasteiger charge is -2.08. The first-order valence-electron chi connectivity index (χ1n) is 5.44. The zero-order valence-electron chi connectivity index (χ0n) is 9.84. The molecule has 0 fully saturated rings. The highest BCUT2D eigenvalue weighted by Crippen LogP contribution is 2.38. The highest BCUT2D eigenvalue weighted by atomic mass is 35.5. The molecule has 96 valence electrons. The lowest BCUT2D eigenvalue weighted by molar-refractivity contribution is 0.833. The molecule has 0 aliphatic carbocycles. The van der Waals surface area contributed by atoms with Crippen LogP contribution in [0, 0.1) is 6.92 Å². The molecule has 0 unspecified atom stereocenters. The third kappa shape index (κ3) is 2.41. The van der Waals surface area contributed by atoms with Gasteiger partial charge in [0.25, 0.3) is 5.78 Å². The number of aryl methyl sites for hydroxylation is 1. The molecule has 3 rings (SSSR count). The molecule has 0 N–H and O–H groups in total. The Morgan fingerprint density at radius 1 is 1.21 bits per heavy atom. The summed E-state index contributed by atoms with van der Waals surface area (Å²) in [5, 5.41) is 6.24. The van der Waals surface area contributed by atoms with Gasteiger partial charge in [-0.05, 0) is 25.1 Å². The summed E-state index contributed by atoms with van der Waals surface area (Å²) in [6.45, 7) is 1.91. The molecule has 0 atom stereocenters. The molecule has 2 heterocycles. The molecular formula is C12H8Cl2N4S. The third-order valence-corrected chi connectivity index (χ3v) is 4.47. The van der Waals surface area contributed by atoms with E-state index in [0.29, 0.717) is 15.8 Å². The van der Waals surface area contributed by atoms with Crippen molar-refractivity contribution in [1.29, 1.82) is 0 Å². The molecule has 7 heteroatoms. The maximum Gasteiger partial charge on any atom is 0.253 e. The molecule has 0 saturated carbocycles. The first-order chi connectivity index (χ1) is 9.15. The molecule has 0 radical (unpaired) electrons. The van der Waals surface area contributed by atoms with E-state index in [4.69, 9.17) is 23.2 Å². The van der Waals surface area contributed by atoms with Crippen LogP contribution in [0.15, 0.2) is 40.5 Å². The van der Waals surface area contributed by atoms with Gasteiger partial charge in [-0.3, -0.25) is 0 Å². The fraction of sp³-hybridized carbons (Fsp3) is 0.0833. The number of hydrogen-bond acceptors (Lipinski definition) is 4. The van der Waals surface area contributed by atoms with Gasteiger partial charge in [-0.1, -0.05) is 41.0 Å². The highest BCUT2D eigenvalue weighted by molar-refractivity contribution is 7.99. The Bertz CT molecular complexity index is 736. The quantitative estimate of drug-likeness (QED) is 0.673. The Kier molecular flexibility index (Phi) is 3.35. The van der Waals surface area contributed by atoms with Crippen molar-refractivity contribution in [2.75, 3.05) is 0 Å². The summed E-state index contributed by atoms with van der Waals surface area (Å²) in [6, 6.07) is 7.36. The maximum absolute atomic E-state index is 6.18. The number of fused-ring (bicyclic) bond motifs is 1. The second kappa shape index (κ2) is 5.00. The van der Waals surface area contributed by atoms with E-state index < -0.39 is 0 Å². The van der Waals surface area contributed by atoms with Crippen molar-refractivity contribution in [3.05, 3.63) is 46.3 Å². The summed E-state index contributed by atoms with van der Waals surface area (Å²) in [7, 11) is 0. The van der Waals surface area contributed by atoms with Gasteiger partial charge in [-0.15, -0.1) is 0 Å². The Morgan fingerprint density at radius 3 is 2.68 bits per heavy atom. The van der Waals surface area contributed by atoms with Crippen LogP contribution in [0.1, 0.15) is 5.69 Å². The van der Waals surface area contributed by atoms with Crippen LogP contribution in [-0.4, -0.2) is 19.6 Å². The van der Waals surface area contributed by atoms with Gasteiger partial charge in [-0.25, -0.2) is 4.98 Å². The minimum Gasteiger partial charge on any atom is -0.216 e. The lowest BCUT2D eigenvalue weighted by atomic mass is 10.4. The normalized spacial score (nSPS) is 11.1. The number of nitrogens with zero attached hydrogens (tertiary/aromatic N) is 4. The van der Waals surface area contributed by atoms with E-state index in [1.807, 2.05) is 31.2 Å². The van der Waals surface area contributed by atoms with Crippen LogP contribution in [-0.2, 0) is 0 Å². The largest absolute Gasteiger partial charge is 0.253 e. The monoisotopic (exact) mass is 310 g/mol. The molecule has 0 amide bonds. The zero-order chi connectivity index (χ0) is 13.4. The summed E-state index contributed by atoms with van der Waals surface area (Å²) in [4.78, 5) is 9.18. The van der Waals surface area contributed by atoms with E-state index in [9.17, 15) is 0 Å². The average Bonchev–Trinajstić information content (AvgIpc) is 2.81. The van der Waals surface area contributed by atoms with Crippen molar-refractivity contribution in [2.45, 2.75) is 16.8 Å². The molecule has 2 aromatic heterocycles. The van der Waals surface area contributed by atoms with Crippen LogP contribution in [0.4, 0.5) is 0 Å².